The Morgan fingerprint density at radius 3 is 2.50 bits per heavy atom. The van der Waals surface area contributed by atoms with Crippen molar-refractivity contribution in [2.75, 3.05) is 18.9 Å². The second kappa shape index (κ2) is 14.4. The van der Waals surface area contributed by atoms with Gasteiger partial charge in [0.1, 0.15) is 16.1 Å². The summed E-state index contributed by atoms with van der Waals surface area (Å²) in [6.07, 6.45) is 3.97. The summed E-state index contributed by atoms with van der Waals surface area (Å²) in [5, 5.41) is 0.00475. The largest absolute Gasteiger partial charge is 0.870 e. The number of alkyl halides is 2. The lowest BCUT2D eigenvalue weighted by Crippen LogP contribution is -2.40. The Labute approximate surface area is 271 Å². The molecule has 0 unspecified atom stereocenters. The van der Waals surface area contributed by atoms with Gasteiger partial charge in [-0.1, -0.05) is 29.3 Å². The molecule has 5 rings (SSSR count). The van der Waals surface area contributed by atoms with Gasteiger partial charge >= 0.3 is 12.6 Å². The highest BCUT2D eigenvalue weighted by atomic mass is 35.5. The zero-order valence-electron chi connectivity index (χ0n) is 23.5. The highest BCUT2D eigenvalue weighted by molar-refractivity contribution is 8.02. The number of hydrogen-bond acceptors (Lipinski definition) is 10. The Morgan fingerprint density at radius 1 is 1.18 bits per heavy atom. The minimum absolute atomic E-state index is 0. The molecule has 1 saturated carbocycles. The van der Waals surface area contributed by atoms with Gasteiger partial charge in [-0.2, -0.15) is 13.1 Å². The average Bonchev–Trinajstić information content (AvgIpc) is 3.50. The van der Waals surface area contributed by atoms with E-state index < -0.39 is 34.1 Å². The molecule has 1 saturated heterocycles. The molecule has 3 aromatic rings. The summed E-state index contributed by atoms with van der Waals surface area (Å²) in [7, 11) is -4.04. The number of aromatic nitrogens is 2. The van der Waals surface area contributed by atoms with Crippen LogP contribution in [0.25, 0.3) is 0 Å². The van der Waals surface area contributed by atoms with Crippen LogP contribution in [-0.4, -0.2) is 60.0 Å². The summed E-state index contributed by atoms with van der Waals surface area (Å²) in [6, 6.07) is 4.29. The van der Waals surface area contributed by atoms with Gasteiger partial charge in [-0.05, 0) is 50.3 Å². The average molecular weight is 713 g/mol. The number of carbonyl (C=O) groups excluding carboxylic acids is 1. The van der Waals surface area contributed by atoms with Crippen LogP contribution in [0, 0.1) is 19.8 Å². The highest BCUT2D eigenvalue weighted by Crippen LogP contribution is 2.40. The number of aromatic amines is 1. The second-order valence-corrected chi connectivity index (χ2v) is 15.3. The summed E-state index contributed by atoms with van der Waals surface area (Å²) in [5.74, 6) is -0.175. The van der Waals surface area contributed by atoms with E-state index in [2.05, 4.69) is 14.7 Å². The maximum absolute atomic E-state index is 13.7. The van der Waals surface area contributed by atoms with Crippen LogP contribution in [0.4, 0.5) is 8.78 Å². The molecule has 44 heavy (non-hydrogen) atoms. The summed E-state index contributed by atoms with van der Waals surface area (Å²) in [4.78, 5) is 20.7. The van der Waals surface area contributed by atoms with Gasteiger partial charge in [-0.25, -0.2) is 23.2 Å². The van der Waals surface area contributed by atoms with Gasteiger partial charge in [0.15, 0.2) is 33.5 Å². The molecule has 1 aliphatic carbocycles. The third kappa shape index (κ3) is 7.92. The van der Waals surface area contributed by atoms with Gasteiger partial charge in [0, 0.05) is 24.3 Å². The number of nitrogens with zero attached hydrogens (tertiary/aromatic N) is 2. The standard InChI is InChI=1S/C27H27Cl2F2N3O6S3.H2O/c1-14-26(42-15(2)33-14)43(36,37)34-7-8-41-24(34)25(35)39-22(10-18-19(28)11-32-12-20(18)29)17-5-6-21(40-27(30)31)23(9-17)38-13-16-3-4-16;/h5-6,9,11-12,16,22,24,27H,3-4,7-8,10,13H2,1-2H3;1H2/t22-,24-;/m0./s1. The molecule has 0 amide bonds. The first-order valence-corrected chi connectivity index (χ1v) is 17.3. The van der Waals surface area contributed by atoms with Crippen LogP contribution < -0.4 is 14.5 Å². The maximum Gasteiger partial charge on any atom is 0.387 e. The molecule has 0 bridgehead atoms. The van der Waals surface area contributed by atoms with E-state index in [1.165, 1.54) is 30.6 Å². The summed E-state index contributed by atoms with van der Waals surface area (Å²) < 4.78 is 71.1. The minimum atomic E-state index is -4.04. The molecule has 10 nitrogen and oxygen atoms in total. The van der Waals surface area contributed by atoms with Gasteiger partial charge in [0.05, 0.1) is 17.3 Å². The fourth-order valence-corrected chi connectivity index (χ4v) is 9.73. The number of thioether (sulfide) groups is 1. The van der Waals surface area contributed by atoms with Crippen molar-refractivity contribution in [3.63, 3.8) is 0 Å². The number of carbonyl (C=O) groups is 1. The van der Waals surface area contributed by atoms with Crippen LogP contribution in [0.3, 0.4) is 0 Å². The van der Waals surface area contributed by atoms with Crippen molar-refractivity contribution in [3.8, 4) is 11.5 Å². The molecule has 2 atom stereocenters. The number of H-pyrrole nitrogens is 1. The number of halogens is 4. The van der Waals surface area contributed by atoms with Crippen molar-refractivity contribution in [1.29, 1.82) is 0 Å². The van der Waals surface area contributed by atoms with E-state index in [1.807, 2.05) is 0 Å². The van der Waals surface area contributed by atoms with E-state index in [-0.39, 0.29) is 44.2 Å². The van der Waals surface area contributed by atoms with Crippen molar-refractivity contribution >= 4 is 62.3 Å². The van der Waals surface area contributed by atoms with Gasteiger partial charge in [-0.3, -0.25) is 0 Å². The number of hydrogen-bond donors (Lipinski definition) is 0. The topological polar surface area (TPSA) is 139 Å². The number of esters is 1. The lowest BCUT2D eigenvalue weighted by molar-refractivity contribution is -0.377. The Kier molecular flexibility index (Phi) is 11.4. The number of pyridine rings is 1. The van der Waals surface area contributed by atoms with Gasteiger partial charge < -0.3 is 19.7 Å². The van der Waals surface area contributed by atoms with E-state index in [0.717, 1.165) is 40.2 Å². The quantitative estimate of drug-likeness (QED) is 0.217. The number of rotatable bonds is 12. The Morgan fingerprint density at radius 2 is 1.89 bits per heavy atom. The van der Waals surface area contributed by atoms with E-state index >= 15 is 0 Å². The van der Waals surface area contributed by atoms with Crippen molar-refractivity contribution in [2.45, 2.75) is 55.4 Å². The molecule has 1 aliphatic heterocycles. The first-order valence-electron chi connectivity index (χ1n) is 13.3. The Balaban J connectivity index is 0.00000442. The Hall–Kier alpha value is -2.27. The first-order chi connectivity index (χ1) is 20.4. The fraction of sp³-hybridized carbons (Fsp3) is 0.444. The number of benzene rings is 1. The molecular weight excluding hydrogens is 683 g/mol. The lowest BCUT2D eigenvalue weighted by atomic mass is 10.0. The first kappa shape index (κ1) is 34.6. The van der Waals surface area contributed by atoms with E-state index in [9.17, 15) is 22.0 Å². The van der Waals surface area contributed by atoms with Crippen LogP contribution in [-0.2, 0) is 26.0 Å². The van der Waals surface area contributed by atoms with Crippen molar-refractivity contribution in [2.24, 2.45) is 5.92 Å². The van der Waals surface area contributed by atoms with Crippen molar-refractivity contribution in [1.82, 2.24) is 9.29 Å². The van der Waals surface area contributed by atoms with Crippen molar-refractivity contribution < 1.29 is 46.7 Å². The maximum atomic E-state index is 13.7. The molecule has 2 aromatic heterocycles. The number of nitrogens with one attached hydrogen (secondary N) is 1. The van der Waals surface area contributed by atoms with Crippen LogP contribution in [0.1, 0.15) is 40.8 Å². The number of sulfonamides is 1. The molecule has 3 heterocycles. The monoisotopic (exact) mass is 711 g/mol. The fourth-order valence-electron chi connectivity index (χ4n) is 4.55. The number of ether oxygens (including phenoxy) is 3. The van der Waals surface area contributed by atoms with Gasteiger partial charge in [0.25, 0.3) is 10.0 Å². The summed E-state index contributed by atoms with van der Waals surface area (Å²) >= 11 is 15.0. The highest BCUT2D eigenvalue weighted by Gasteiger charge is 2.43. The molecule has 17 heteroatoms. The second-order valence-electron chi connectivity index (χ2n) is 10.0. The van der Waals surface area contributed by atoms with E-state index in [4.69, 9.17) is 32.7 Å². The van der Waals surface area contributed by atoms with Crippen LogP contribution in [0.15, 0.2) is 34.8 Å². The van der Waals surface area contributed by atoms with E-state index in [1.54, 1.807) is 13.8 Å². The Bertz CT molecular complexity index is 1590. The van der Waals surface area contributed by atoms with Gasteiger partial charge in [0.2, 0.25) is 0 Å². The smallest absolute Gasteiger partial charge is 0.387 e. The zero-order chi connectivity index (χ0) is 30.9. The number of thiazole rings is 1. The minimum Gasteiger partial charge on any atom is -0.870 e. The third-order valence-electron chi connectivity index (χ3n) is 6.83. The zero-order valence-corrected chi connectivity index (χ0v) is 27.4. The lowest BCUT2D eigenvalue weighted by Gasteiger charge is -2.25. The summed E-state index contributed by atoms with van der Waals surface area (Å²) in [5.41, 5.74) is 1.22. The van der Waals surface area contributed by atoms with Crippen molar-refractivity contribution in [3.05, 3.63) is 62.5 Å². The molecule has 1 aromatic carbocycles. The van der Waals surface area contributed by atoms with Crippen LogP contribution in [0.2, 0.25) is 10.0 Å². The SMILES string of the molecule is Cc1nc(C)c(S(=O)(=O)N2CCS[C@H]2C(=O)O[C@@H](Cc2c(Cl)c[nH+]cc2Cl)c2ccc(OC(F)F)c(OCC3CC3)c2)s1.[OH-]. The van der Waals surface area contributed by atoms with Gasteiger partial charge in [-0.15, -0.1) is 23.1 Å². The molecule has 240 valence electrons. The molecular formula is C27H29Cl2F2N3O7S3. The molecule has 0 spiro atoms. The van der Waals surface area contributed by atoms with E-state index in [0.29, 0.717) is 40.1 Å². The normalized spacial score (nSPS) is 17.8. The predicted octanol–water partition coefficient (Wildman–Crippen LogP) is 5.69. The molecule has 0 radical (unpaired) electrons. The third-order valence-corrected chi connectivity index (χ3v) is 12.3. The van der Waals surface area contributed by atoms with Crippen LogP contribution >= 0.6 is 46.3 Å². The molecule has 2 aliphatic rings. The molecule has 2 N–H and O–H groups in total. The summed E-state index contributed by atoms with van der Waals surface area (Å²) in [6.45, 7) is 0.682. The van der Waals surface area contributed by atoms with Crippen LogP contribution in [0.5, 0.6) is 11.5 Å². The molecule has 2 fully saturated rings. The predicted molar refractivity (Wildman–Crippen MR) is 161 cm³/mol. The number of aryl methyl sites for hydroxylation is 2.